The van der Waals surface area contributed by atoms with Crippen molar-refractivity contribution in [3.05, 3.63) is 105 Å². The van der Waals surface area contributed by atoms with Gasteiger partial charge in [0, 0.05) is 23.8 Å². The van der Waals surface area contributed by atoms with Gasteiger partial charge in [0.05, 0.1) is 30.1 Å². The minimum absolute atomic E-state index is 0.128. The molecule has 3 aromatic carbocycles. The molecule has 0 radical (unpaired) electrons. The molecule has 0 aliphatic heterocycles. The zero-order valence-electron chi connectivity index (χ0n) is 20.4. The van der Waals surface area contributed by atoms with Crippen molar-refractivity contribution in [2.24, 2.45) is 0 Å². The van der Waals surface area contributed by atoms with Crippen LogP contribution in [-0.2, 0) is 11.3 Å². The number of carbonyl (C=O) groups is 1. The molecule has 4 rings (SSSR count). The summed E-state index contributed by atoms with van der Waals surface area (Å²) in [7, 11) is 1.60. The maximum Gasteiger partial charge on any atom is 0.322 e. The number of urea groups is 1. The van der Waals surface area contributed by atoms with Crippen LogP contribution in [0.2, 0.25) is 0 Å². The van der Waals surface area contributed by atoms with Gasteiger partial charge < -0.3 is 15.0 Å². The van der Waals surface area contributed by atoms with Crippen LogP contribution in [0.3, 0.4) is 0 Å². The molecule has 2 amide bonds. The van der Waals surface area contributed by atoms with Crippen LogP contribution < -0.4 is 10.9 Å². The zero-order valence-corrected chi connectivity index (χ0v) is 21.9. The zero-order chi connectivity index (χ0) is 25.5. The average molecular weight is 549 g/mol. The minimum atomic E-state index is -0.451. The molecular weight excluding hydrogens is 520 g/mol. The number of anilines is 1. The molecule has 8 heteroatoms. The summed E-state index contributed by atoms with van der Waals surface area (Å²) >= 11 is 3.45. The van der Waals surface area contributed by atoms with E-state index in [0.717, 1.165) is 10.0 Å². The van der Waals surface area contributed by atoms with Gasteiger partial charge in [0.1, 0.15) is 5.82 Å². The summed E-state index contributed by atoms with van der Waals surface area (Å²) in [4.78, 5) is 33.9. The molecule has 186 valence electrons. The van der Waals surface area contributed by atoms with E-state index in [2.05, 4.69) is 21.2 Å². The molecular formula is C28H29BrN4O3. The molecule has 1 N–H and O–H groups in total. The summed E-state index contributed by atoms with van der Waals surface area (Å²) in [5.74, 6) is 0.547. The first-order valence-corrected chi connectivity index (χ1v) is 12.7. The quantitative estimate of drug-likeness (QED) is 0.285. The Bertz CT molecular complexity index is 1390. The third-order valence-corrected chi connectivity index (χ3v) is 6.50. The van der Waals surface area contributed by atoms with Crippen molar-refractivity contribution >= 4 is 38.6 Å². The van der Waals surface area contributed by atoms with Crippen molar-refractivity contribution in [2.45, 2.75) is 25.9 Å². The summed E-state index contributed by atoms with van der Waals surface area (Å²) in [6.07, 6.45) is 0.565. The first kappa shape index (κ1) is 25.6. The van der Waals surface area contributed by atoms with Crippen molar-refractivity contribution in [3.63, 3.8) is 0 Å². The van der Waals surface area contributed by atoms with Crippen molar-refractivity contribution < 1.29 is 9.53 Å². The lowest BCUT2D eigenvalue weighted by molar-refractivity contribution is 0.130. The maximum absolute atomic E-state index is 13.7. The van der Waals surface area contributed by atoms with Crippen molar-refractivity contribution in [1.29, 1.82) is 0 Å². The van der Waals surface area contributed by atoms with Gasteiger partial charge in [-0.25, -0.2) is 9.78 Å². The van der Waals surface area contributed by atoms with Gasteiger partial charge in [0.15, 0.2) is 0 Å². The molecule has 1 unspecified atom stereocenters. The van der Waals surface area contributed by atoms with Crippen LogP contribution in [0.25, 0.3) is 10.9 Å². The SMILES string of the molecule is CCC(c1nc2ccccc2c(=O)n1Cc1ccccc1)N(CCOC)C(=O)Nc1cccc(Br)c1. The van der Waals surface area contributed by atoms with E-state index in [9.17, 15) is 9.59 Å². The molecule has 1 heterocycles. The number of para-hydroxylation sites is 1. The number of rotatable bonds is 9. The molecule has 0 aliphatic carbocycles. The highest BCUT2D eigenvalue weighted by Gasteiger charge is 2.28. The number of carbonyl (C=O) groups excluding carboxylic acids is 1. The van der Waals surface area contributed by atoms with E-state index in [1.165, 1.54) is 0 Å². The Kier molecular flexibility index (Phi) is 8.51. The monoisotopic (exact) mass is 548 g/mol. The van der Waals surface area contributed by atoms with E-state index in [1.807, 2.05) is 79.7 Å². The van der Waals surface area contributed by atoms with E-state index in [4.69, 9.17) is 9.72 Å². The van der Waals surface area contributed by atoms with Gasteiger partial charge >= 0.3 is 6.03 Å². The number of benzene rings is 3. The molecule has 0 saturated heterocycles. The normalized spacial score (nSPS) is 11.9. The summed E-state index contributed by atoms with van der Waals surface area (Å²) in [5, 5.41) is 3.53. The van der Waals surface area contributed by atoms with E-state index in [0.29, 0.717) is 48.5 Å². The number of halogens is 1. The fraction of sp³-hybridized carbons (Fsp3) is 0.250. The second kappa shape index (κ2) is 12.0. The van der Waals surface area contributed by atoms with Gasteiger partial charge in [0.25, 0.3) is 5.56 Å². The molecule has 7 nitrogen and oxygen atoms in total. The standard InChI is InChI=1S/C28H29BrN4O3/c1-3-25(32(16-17-36-2)28(35)30-22-13-9-12-21(29)18-22)26-31-24-15-8-7-14-23(24)27(34)33(26)19-20-10-5-4-6-11-20/h4-15,18,25H,3,16-17,19H2,1-2H3,(H,30,35). The predicted octanol–water partition coefficient (Wildman–Crippen LogP) is 5.84. The molecule has 4 aromatic rings. The van der Waals surface area contributed by atoms with E-state index >= 15 is 0 Å². The molecule has 1 aromatic heterocycles. The maximum atomic E-state index is 13.7. The van der Waals surface area contributed by atoms with Crippen LogP contribution in [0.1, 0.15) is 30.8 Å². The lowest BCUT2D eigenvalue weighted by Gasteiger charge is -2.32. The van der Waals surface area contributed by atoms with E-state index in [-0.39, 0.29) is 11.6 Å². The van der Waals surface area contributed by atoms with E-state index < -0.39 is 6.04 Å². The lowest BCUT2D eigenvalue weighted by Crippen LogP contribution is -2.42. The lowest BCUT2D eigenvalue weighted by atomic mass is 10.1. The van der Waals surface area contributed by atoms with Gasteiger partial charge in [-0.1, -0.05) is 71.4 Å². The van der Waals surface area contributed by atoms with Crippen LogP contribution in [-0.4, -0.2) is 40.7 Å². The molecule has 36 heavy (non-hydrogen) atoms. The Labute approximate surface area is 218 Å². The van der Waals surface area contributed by atoms with Crippen LogP contribution in [0.4, 0.5) is 10.5 Å². The van der Waals surface area contributed by atoms with Crippen LogP contribution >= 0.6 is 15.9 Å². The summed E-state index contributed by atoms with van der Waals surface area (Å²) < 4.78 is 7.88. The largest absolute Gasteiger partial charge is 0.383 e. The number of ether oxygens (including phenoxy) is 1. The van der Waals surface area contributed by atoms with Gasteiger partial charge in [-0.05, 0) is 42.3 Å². The summed E-state index contributed by atoms with van der Waals surface area (Å²) in [5.41, 5.74) is 2.13. The van der Waals surface area contributed by atoms with Crippen LogP contribution in [0, 0.1) is 0 Å². The average Bonchev–Trinajstić information content (AvgIpc) is 2.89. The third-order valence-electron chi connectivity index (χ3n) is 6.01. The van der Waals surface area contributed by atoms with Crippen LogP contribution in [0.5, 0.6) is 0 Å². The highest BCUT2D eigenvalue weighted by molar-refractivity contribution is 9.10. The number of methoxy groups -OCH3 is 1. The summed E-state index contributed by atoms with van der Waals surface area (Å²) in [6.45, 7) is 3.03. The van der Waals surface area contributed by atoms with Gasteiger partial charge in [-0.3, -0.25) is 9.36 Å². The van der Waals surface area contributed by atoms with Crippen molar-refractivity contribution in [2.75, 3.05) is 25.6 Å². The smallest absolute Gasteiger partial charge is 0.322 e. The number of nitrogens with one attached hydrogen (secondary N) is 1. The first-order valence-electron chi connectivity index (χ1n) is 11.9. The van der Waals surface area contributed by atoms with E-state index in [1.54, 1.807) is 22.6 Å². The second-order valence-corrected chi connectivity index (χ2v) is 9.33. The Morgan fingerprint density at radius 3 is 2.56 bits per heavy atom. The van der Waals surface area contributed by atoms with Gasteiger partial charge in [0.2, 0.25) is 0 Å². The van der Waals surface area contributed by atoms with Crippen LogP contribution in [0.15, 0.2) is 88.1 Å². The topological polar surface area (TPSA) is 76.5 Å². The number of fused-ring (bicyclic) bond motifs is 1. The number of nitrogens with zero attached hydrogens (tertiary/aromatic N) is 3. The second-order valence-electron chi connectivity index (χ2n) is 8.41. The predicted molar refractivity (Wildman–Crippen MR) is 146 cm³/mol. The number of aromatic nitrogens is 2. The number of hydrogen-bond donors (Lipinski definition) is 1. The molecule has 0 saturated carbocycles. The van der Waals surface area contributed by atoms with Gasteiger partial charge in [-0.2, -0.15) is 0 Å². The molecule has 0 spiro atoms. The molecule has 0 fully saturated rings. The Morgan fingerprint density at radius 2 is 1.83 bits per heavy atom. The van der Waals surface area contributed by atoms with Crippen molar-refractivity contribution in [3.8, 4) is 0 Å². The fourth-order valence-corrected chi connectivity index (χ4v) is 4.65. The minimum Gasteiger partial charge on any atom is -0.383 e. The molecule has 0 bridgehead atoms. The highest BCUT2D eigenvalue weighted by Crippen LogP contribution is 2.26. The Hall–Kier alpha value is -3.49. The number of amides is 2. The molecule has 1 atom stereocenters. The Morgan fingerprint density at radius 1 is 1.08 bits per heavy atom. The van der Waals surface area contributed by atoms with Crippen molar-refractivity contribution in [1.82, 2.24) is 14.5 Å². The Balaban J connectivity index is 1.80. The fourth-order valence-electron chi connectivity index (χ4n) is 4.25. The van der Waals surface area contributed by atoms with Gasteiger partial charge in [-0.15, -0.1) is 0 Å². The highest BCUT2D eigenvalue weighted by atomic mass is 79.9. The molecule has 0 aliphatic rings. The third kappa shape index (κ3) is 5.83. The number of hydrogen-bond acceptors (Lipinski definition) is 4. The summed E-state index contributed by atoms with van der Waals surface area (Å²) in [6, 6.07) is 23.8. The first-order chi connectivity index (χ1) is 17.5.